The molecule has 8 heteroatoms. The van der Waals surface area contributed by atoms with Crippen molar-refractivity contribution in [2.75, 3.05) is 11.5 Å². The standard InChI is InChI=1S/C9H17N5O2S/c1-14-9(5-11-13-14)8(12-10)4-7-2-3-17(15,16)6-7/h5,7-8,12H,2-4,6,10H2,1H3. The molecular formula is C9H17N5O2S. The van der Waals surface area contributed by atoms with E-state index in [1.54, 1.807) is 17.9 Å². The highest BCUT2D eigenvalue weighted by molar-refractivity contribution is 7.91. The first-order valence-corrected chi connectivity index (χ1v) is 7.35. The number of hydrogen-bond acceptors (Lipinski definition) is 6. The summed E-state index contributed by atoms with van der Waals surface area (Å²) in [4.78, 5) is 0. The van der Waals surface area contributed by atoms with Crippen LogP contribution in [0.1, 0.15) is 24.6 Å². The Morgan fingerprint density at radius 3 is 2.94 bits per heavy atom. The largest absolute Gasteiger partial charge is 0.271 e. The molecule has 96 valence electrons. The van der Waals surface area contributed by atoms with Crippen molar-refractivity contribution in [1.29, 1.82) is 0 Å². The topological polar surface area (TPSA) is 103 Å². The Hall–Kier alpha value is -0.990. The van der Waals surface area contributed by atoms with Crippen molar-refractivity contribution in [3.8, 4) is 0 Å². The molecule has 2 unspecified atom stereocenters. The number of sulfone groups is 1. The number of nitrogens with zero attached hydrogens (tertiary/aromatic N) is 3. The summed E-state index contributed by atoms with van der Waals surface area (Å²) in [7, 11) is -1.05. The number of aromatic nitrogens is 3. The average Bonchev–Trinajstić information content (AvgIpc) is 2.81. The summed E-state index contributed by atoms with van der Waals surface area (Å²) in [5, 5.41) is 7.63. The van der Waals surface area contributed by atoms with Crippen molar-refractivity contribution in [2.45, 2.75) is 18.9 Å². The Morgan fingerprint density at radius 2 is 2.47 bits per heavy atom. The first kappa shape index (κ1) is 12.5. The second-order valence-electron chi connectivity index (χ2n) is 4.51. The maximum Gasteiger partial charge on any atom is 0.150 e. The maximum atomic E-state index is 11.4. The lowest BCUT2D eigenvalue weighted by Gasteiger charge is -2.18. The quantitative estimate of drug-likeness (QED) is 0.539. The van der Waals surface area contributed by atoms with Gasteiger partial charge in [0, 0.05) is 7.05 Å². The van der Waals surface area contributed by atoms with Crippen LogP contribution in [0.2, 0.25) is 0 Å². The van der Waals surface area contributed by atoms with Gasteiger partial charge in [0.1, 0.15) is 0 Å². The van der Waals surface area contributed by atoms with E-state index in [9.17, 15) is 8.42 Å². The highest BCUT2D eigenvalue weighted by Crippen LogP contribution is 2.27. The number of nitrogens with one attached hydrogen (secondary N) is 1. The minimum atomic E-state index is -2.83. The van der Waals surface area contributed by atoms with Crippen LogP contribution < -0.4 is 11.3 Å². The molecule has 3 N–H and O–H groups in total. The van der Waals surface area contributed by atoms with E-state index in [1.165, 1.54) is 0 Å². The number of hydrogen-bond donors (Lipinski definition) is 2. The third kappa shape index (κ3) is 2.82. The van der Waals surface area contributed by atoms with Gasteiger partial charge in [0.15, 0.2) is 9.84 Å². The molecular weight excluding hydrogens is 242 g/mol. The molecule has 1 aromatic heterocycles. The zero-order valence-corrected chi connectivity index (χ0v) is 10.5. The Morgan fingerprint density at radius 1 is 1.71 bits per heavy atom. The van der Waals surface area contributed by atoms with Gasteiger partial charge in [-0.1, -0.05) is 5.21 Å². The monoisotopic (exact) mass is 259 g/mol. The molecule has 1 aliphatic rings. The zero-order chi connectivity index (χ0) is 12.5. The van der Waals surface area contributed by atoms with Gasteiger partial charge in [0.2, 0.25) is 0 Å². The molecule has 2 atom stereocenters. The minimum Gasteiger partial charge on any atom is -0.271 e. The van der Waals surface area contributed by atoms with Crippen LogP contribution in [-0.4, -0.2) is 34.9 Å². The molecule has 1 aliphatic heterocycles. The first-order chi connectivity index (χ1) is 8.02. The number of aryl methyl sites for hydroxylation is 1. The van der Waals surface area contributed by atoms with E-state index in [1.807, 2.05) is 0 Å². The fourth-order valence-electron chi connectivity index (χ4n) is 2.28. The Kier molecular flexibility index (Phi) is 3.45. The van der Waals surface area contributed by atoms with E-state index < -0.39 is 9.84 Å². The molecule has 0 bridgehead atoms. The van der Waals surface area contributed by atoms with E-state index in [0.29, 0.717) is 18.6 Å². The van der Waals surface area contributed by atoms with Gasteiger partial charge in [-0.05, 0) is 18.8 Å². The molecule has 0 saturated carbocycles. The van der Waals surface area contributed by atoms with Crippen LogP contribution in [0.25, 0.3) is 0 Å². The van der Waals surface area contributed by atoms with Gasteiger partial charge in [0.05, 0.1) is 29.4 Å². The van der Waals surface area contributed by atoms with Gasteiger partial charge in [-0.15, -0.1) is 5.10 Å². The molecule has 2 heterocycles. The summed E-state index contributed by atoms with van der Waals surface area (Å²) in [6.07, 6.45) is 3.05. The van der Waals surface area contributed by atoms with Crippen LogP contribution in [0.3, 0.4) is 0 Å². The van der Waals surface area contributed by atoms with Gasteiger partial charge >= 0.3 is 0 Å². The van der Waals surface area contributed by atoms with Crippen molar-refractivity contribution >= 4 is 9.84 Å². The van der Waals surface area contributed by atoms with Crippen molar-refractivity contribution in [3.63, 3.8) is 0 Å². The summed E-state index contributed by atoms with van der Waals surface area (Å²) in [5.74, 6) is 6.22. The van der Waals surface area contributed by atoms with E-state index in [2.05, 4.69) is 15.7 Å². The van der Waals surface area contributed by atoms with Crippen LogP contribution in [0.15, 0.2) is 6.20 Å². The van der Waals surface area contributed by atoms with E-state index in [0.717, 1.165) is 5.69 Å². The second-order valence-corrected chi connectivity index (χ2v) is 6.74. The van der Waals surface area contributed by atoms with Crippen LogP contribution in [-0.2, 0) is 16.9 Å². The minimum absolute atomic E-state index is 0.103. The van der Waals surface area contributed by atoms with Crippen molar-refractivity contribution < 1.29 is 8.42 Å². The molecule has 0 aromatic carbocycles. The molecule has 2 rings (SSSR count). The fourth-order valence-corrected chi connectivity index (χ4v) is 4.16. The Balaban J connectivity index is 2.04. The number of hydrazine groups is 1. The van der Waals surface area contributed by atoms with Crippen LogP contribution in [0.4, 0.5) is 0 Å². The van der Waals surface area contributed by atoms with Gasteiger partial charge < -0.3 is 0 Å². The fraction of sp³-hybridized carbons (Fsp3) is 0.778. The SMILES string of the molecule is Cn1nncc1C(CC1CCS(=O)(=O)C1)NN. The second kappa shape index (κ2) is 4.71. The Labute approximate surface area is 100 Å². The molecule has 1 fully saturated rings. The van der Waals surface area contributed by atoms with Crippen LogP contribution in [0.5, 0.6) is 0 Å². The van der Waals surface area contributed by atoms with Crippen LogP contribution >= 0.6 is 0 Å². The zero-order valence-electron chi connectivity index (χ0n) is 9.70. The van der Waals surface area contributed by atoms with Crippen molar-refractivity contribution in [2.24, 2.45) is 18.8 Å². The van der Waals surface area contributed by atoms with Crippen molar-refractivity contribution in [1.82, 2.24) is 20.4 Å². The lowest BCUT2D eigenvalue weighted by molar-refractivity contribution is 0.403. The molecule has 0 radical (unpaired) electrons. The van der Waals surface area contributed by atoms with E-state index >= 15 is 0 Å². The molecule has 1 saturated heterocycles. The summed E-state index contributed by atoms with van der Waals surface area (Å²) >= 11 is 0. The van der Waals surface area contributed by atoms with Gasteiger partial charge in [-0.3, -0.25) is 16.0 Å². The number of rotatable bonds is 4. The Bertz CT molecular complexity index is 483. The summed E-state index contributed by atoms with van der Waals surface area (Å²) in [5.41, 5.74) is 3.58. The normalized spacial score (nSPS) is 24.9. The molecule has 7 nitrogen and oxygen atoms in total. The third-order valence-electron chi connectivity index (χ3n) is 3.20. The summed E-state index contributed by atoms with van der Waals surface area (Å²) in [6.45, 7) is 0. The van der Waals surface area contributed by atoms with E-state index in [-0.39, 0.29) is 17.7 Å². The number of nitrogens with two attached hydrogens (primary N) is 1. The van der Waals surface area contributed by atoms with Gasteiger partial charge in [-0.2, -0.15) is 0 Å². The lowest BCUT2D eigenvalue weighted by atomic mass is 9.98. The molecule has 17 heavy (non-hydrogen) atoms. The molecule has 1 aromatic rings. The van der Waals surface area contributed by atoms with Gasteiger partial charge in [0.25, 0.3) is 0 Å². The molecule has 0 aliphatic carbocycles. The predicted octanol–water partition coefficient (Wildman–Crippen LogP) is -0.856. The smallest absolute Gasteiger partial charge is 0.150 e. The first-order valence-electron chi connectivity index (χ1n) is 5.53. The molecule has 0 spiro atoms. The molecule has 0 amide bonds. The van der Waals surface area contributed by atoms with Gasteiger partial charge in [-0.25, -0.2) is 8.42 Å². The highest BCUT2D eigenvalue weighted by Gasteiger charge is 2.30. The average molecular weight is 259 g/mol. The summed E-state index contributed by atoms with van der Waals surface area (Å²) in [6, 6.07) is -0.103. The predicted molar refractivity (Wildman–Crippen MR) is 62.4 cm³/mol. The highest BCUT2D eigenvalue weighted by atomic mass is 32.2. The van der Waals surface area contributed by atoms with Crippen LogP contribution in [0, 0.1) is 5.92 Å². The summed E-state index contributed by atoms with van der Waals surface area (Å²) < 4.78 is 24.4. The maximum absolute atomic E-state index is 11.4. The lowest BCUT2D eigenvalue weighted by Crippen LogP contribution is -2.31. The van der Waals surface area contributed by atoms with E-state index in [4.69, 9.17) is 5.84 Å². The van der Waals surface area contributed by atoms with Crippen molar-refractivity contribution in [3.05, 3.63) is 11.9 Å². The third-order valence-corrected chi connectivity index (χ3v) is 5.04.